The molecule has 1 N–H and O–H groups in total. The summed E-state index contributed by atoms with van der Waals surface area (Å²) in [6, 6.07) is 11.0. The number of hydrogen-bond acceptors (Lipinski definition) is 2. The molecule has 0 amide bonds. The van der Waals surface area contributed by atoms with Crippen LogP contribution in [-0.2, 0) is 0 Å². The fraction of sp³-hybridized carbons (Fsp3) is 0.375. The summed E-state index contributed by atoms with van der Waals surface area (Å²) >= 11 is 3.72. The monoisotopic (exact) mass is 319 g/mol. The summed E-state index contributed by atoms with van der Waals surface area (Å²) in [5, 5.41) is 6.02. The third kappa shape index (κ3) is 2.05. The van der Waals surface area contributed by atoms with Crippen LogP contribution in [0.2, 0.25) is 0 Å². The van der Waals surface area contributed by atoms with Gasteiger partial charge in [0.2, 0.25) is 0 Å². The standard InChI is InChI=1S/C16H18BrNO/c1-3-13-15(18-4-2)12-9-10-7-5-6-8-11(10)14(17)16(12)19-13/h5-9,13,15,18H,3-4H2,1-2H3. The number of likely N-dealkylation sites (N-methyl/N-ethyl adjacent to an activating group) is 1. The first kappa shape index (κ1) is 12.9. The van der Waals surface area contributed by atoms with Gasteiger partial charge >= 0.3 is 0 Å². The second kappa shape index (κ2) is 5.14. The maximum Gasteiger partial charge on any atom is 0.139 e. The number of rotatable bonds is 3. The van der Waals surface area contributed by atoms with Crippen molar-refractivity contribution in [3.63, 3.8) is 0 Å². The molecular formula is C16H18BrNO. The average molecular weight is 320 g/mol. The molecule has 2 aromatic rings. The normalized spacial score (nSPS) is 21.4. The van der Waals surface area contributed by atoms with Crippen LogP contribution < -0.4 is 10.1 Å². The number of hydrogen-bond donors (Lipinski definition) is 1. The third-order valence-electron chi connectivity index (χ3n) is 3.77. The van der Waals surface area contributed by atoms with Crippen molar-refractivity contribution < 1.29 is 4.74 Å². The Bertz CT molecular complexity index is 611. The van der Waals surface area contributed by atoms with Gasteiger partial charge in [-0.2, -0.15) is 0 Å². The van der Waals surface area contributed by atoms with Gasteiger partial charge in [0.25, 0.3) is 0 Å². The summed E-state index contributed by atoms with van der Waals surface area (Å²) in [4.78, 5) is 0. The van der Waals surface area contributed by atoms with Crippen LogP contribution in [0.3, 0.4) is 0 Å². The molecule has 3 rings (SSSR count). The van der Waals surface area contributed by atoms with Crippen molar-refractivity contribution in [3.8, 4) is 5.75 Å². The van der Waals surface area contributed by atoms with Crippen molar-refractivity contribution in [2.75, 3.05) is 6.54 Å². The zero-order valence-electron chi connectivity index (χ0n) is 11.2. The molecule has 2 aromatic carbocycles. The van der Waals surface area contributed by atoms with Gasteiger partial charge in [0, 0.05) is 5.56 Å². The number of nitrogens with one attached hydrogen (secondary N) is 1. The lowest BCUT2D eigenvalue weighted by Gasteiger charge is -2.17. The van der Waals surface area contributed by atoms with Crippen molar-refractivity contribution in [2.45, 2.75) is 32.4 Å². The van der Waals surface area contributed by atoms with Crippen LogP contribution in [0.4, 0.5) is 0 Å². The smallest absolute Gasteiger partial charge is 0.139 e. The zero-order chi connectivity index (χ0) is 13.4. The van der Waals surface area contributed by atoms with Crippen LogP contribution in [0.5, 0.6) is 5.75 Å². The number of benzene rings is 2. The number of fused-ring (bicyclic) bond motifs is 2. The quantitative estimate of drug-likeness (QED) is 0.904. The van der Waals surface area contributed by atoms with E-state index in [-0.39, 0.29) is 6.10 Å². The van der Waals surface area contributed by atoms with Gasteiger partial charge in [-0.25, -0.2) is 0 Å². The van der Waals surface area contributed by atoms with E-state index in [1.807, 2.05) is 0 Å². The lowest BCUT2D eigenvalue weighted by atomic mass is 9.99. The number of ether oxygens (including phenoxy) is 1. The SMILES string of the molecule is CCNC1c2cc3ccccc3c(Br)c2OC1CC. The molecule has 1 aliphatic heterocycles. The van der Waals surface area contributed by atoms with Gasteiger partial charge in [-0.1, -0.05) is 38.1 Å². The molecule has 100 valence electrons. The fourth-order valence-corrected chi connectivity index (χ4v) is 3.54. The van der Waals surface area contributed by atoms with E-state index in [0.717, 1.165) is 23.2 Å². The molecule has 0 bridgehead atoms. The van der Waals surface area contributed by atoms with Crippen LogP contribution in [0.25, 0.3) is 10.8 Å². The Morgan fingerprint density at radius 2 is 2.05 bits per heavy atom. The van der Waals surface area contributed by atoms with Gasteiger partial charge in [0.05, 0.1) is 10.5 Å². The van der Waals surface area contributed by atoms with E-state index in [4.69, 9.17) is 4.74 Å². The summed E-state index contributed by atoms with van der Waals surface area (Å²) in [6.45, 7) is 5.27. The molecule has 1 heterocycles. The molecule has 0 aromatic heterocycles. The topological polar surface area (TPSA) is 21.3 Å². The third-order valence-corrected chi connectivity index (χ3v) is 4.56. The van der Waals surface area contributed by atoms with Crippen molar-refractivity contribution in [2.24, 2.45) is 0 Å². The summed E-state index contributed by atoms with van der Waals surface area (Å²) in [6.07, 6.45) is 1.23. The minimum absolute atomic E-state index is 0.225. The average Bonchev–Trinajstić information content (AvgIpc) is 2.78. The molecule has 0 radical (unpaired) electrons. The van der Waals surface area contributed by atoms with Gasteiger partial charge < -0.3 is 10.1 Å². The Morgan fingerprint density at radius 3 is 2.79 bits per heavy atom. The molecule has 3 heteroatoms. The summed E-state index contributed by atoms with van der Waals surface area (Å²) in [5.41, 5.74) is 1.28. The first-order chi connectivity index (χ1) is 9.26. The highest BCUT2D eigenvalue weighted by Crippen LogP contribution is 2.46. The minimum atomic E-state index is 0.225. The van der Waals surface area contributed by atoms with E-state index in [9.17, 15) is 0 Å². The van der Waals surface area contributed by atoms with Crippen molar-refractivity contribution in [1.82, 2.24) is 5.32 Å². The molecule has 19 heavy (non-hydrogen) atoms. The summed E-state index contributed by atoms with van der Waals surface area (Å²) in [5.74, 6) is 1.01. The molecule has 2 nitrogen and oxygen atoms in total. The highest BCUT2D eigenvalue weighted by molar-refractivity contribution is 9.10. The van der Waals surface area contributed by atoms with Crippen LogP contribution in [0.1, 0.15) is 31.9 Å². The second-order valence-corrected chi connectivity index (χ2v) is 5.72. The Morgan fingerprint density at radius 1 is 1.26 bits per heavy atom. The van der Waals surface area contributed by atoms with Gasteiger partial charge in [-0.05, 0) is 45.7 Å². The molecule has 2 atom stereocenters. The minimum Gasteiger partial charge on any atom is -0.487 e. The van der Waals surface area contributed by atoms with Crippen LogP contribution >= 0.6 is 15.9 Å². The van der Waals surface area contributed by atoms with Crippen LogP contribution in [0.15, 0.2) is 34.8 Å². The summed E-state index contributed by atoms with van der Waals surface area (Å²) < 4.78 is 7.23. The van der Waals surface area contributed by atoms with Crippen LogP contribution in [-0.4, -0.2) is 12.6 Å². The molecule has 0 spiro atoms. The Hall–Kier alpha value is -1.06. The lowest BCUT2D eigenvalue weighted by Crippen LogP contribution is -2.30. The molecule has 0 saturated heterocycles. The number of halogens is 1. The van der Waals surface area contributed by atoms with E-state index in [0.29, 0.717) is 6.04 Å². The molecule has 2 unspecified atom stereocenters. The first-order valence-electron chi connectivity index (χ1n) is 6.87. The maximum atomic E-state index is 6.15. The van der Waals surface area contributed by atoms with E-state index in [2.05, 4.69) is 65.4 Å². The van der Waals surface area contributed by atoms with Gasteiger partial charge in [-0.15, -0.1) is 0 Å². The van der Waals surface area contributed by atoms with E-state index >= 15 is 0 Å². The lowest BCUT2D eigenvalue weighted by molar-refractivity contribution is 0.185. The molecule has 0 saturated carbocycles. The van der Waals surface area contributed by atoms with E-state index in [1.165, 1.54) is 16.3 Å². The van der Waals surface area contributed by atoms with Crippen molar-refractivity contribution in [1.29, 1.82) is 0 Å². The Balaban J connectivity index is 2.18. The van der Waals surface area contributed by atoms with Crippen LogP contribution in [0, 0.1) is 0 Å². The predicted molar refractivity (Wildman–Crippen MR) is 82.8 cm³/mol. The molecule has 1 aliphatic rings. The highest BCUT2D eigenvalue weighted by atomic mass is 79.9. The predicted octanol–water partition coefficient (Wildman–Crippen LogP) is 4.42. The van der Waals surface area contributed by atoms with Gasteiger partial charge in [0.15, 0.2) is 0 Å². The fourth-order valence-electron chi connectivity index (χ4n) is 2.86. The maximum absolute atomic E-state index is 6.15. The van der Waals surface area contributed by atoms with E-state index in [1.54, 1.807) is 0 Å². The second-order valence-electron chi connectivity index (χ2n) is 4.93. The Labute approximate surface area is 122 Å². The molecule has 0 fully saturated rings. The van der Waals surface area contributed by atoms with Crippen molar-refractivity contribution in [3.05, 3.63) is 40.4 Å². The summed E-state index contributed by atoms with van der Waals surface area (Å²) in [7, 11) is 0. The van der Waals surface area contributed by atoms with E-state index < -0.39 is 0 Å². The zero-order valence-corrected chi connectivity index (χ0v) is 12.8. The van der Waals surface area contributed by atoms with Gasteiger partial charge in [-0.3, -0.25) is 0 Å². The first-order valence-corrected chi connectivity index (χ1v) is 7.66. The van der Waals surface area contributed by atoms with Crippen molar-refractivity contribution >= 4 is 26.7 Å². The Kier molecular flexibility index (Phi) is 3.50. The molecular weight excluding hydrogens is 302 g/mol. The van der Waals surface area contributed by atoms with Gasteiger partial charge in [0.1, 0.15) is 11.9 Å². The molecule has 0 aliphatic carbocycles. The highest BCUT2D eigenvalue weighted by Gasteiger charge is 2.34. The largest absolute Gasteiger partial charge is 0.487 e.